The average Bonchev–Trinajstić information content (AvgIpc) is 3.06. The molecule has 0 spiro atoms. The summed E-state index contributed by atoms with van der Waals surface area (Å²) in [5.74, 6) is -0.449. The van der Waals surface area contributed by atoms with Crippen LogP contribution >= 0.6 is 22.7 Å². The molecule has 2 amide bonds. The van der Waals surface area contributed by atoms with Gasteiger partial charge in [-0.25, -0.2) is 4.98 Å². The summed E-state index contributed by atoms with van der Waals surface area (Å²) in [6.45, 7) is 3.95. The number of nitrogens with zero attached hydrogens (tertiary/aromatic N) is 1. The summed E-state index contributed by atoms with van der Waals surface area (Å²) in [6, 6.07) is 2.95. The van der Waals surface area contributed by atoms with E-state index in [0.717, 1.165) is 10.7 Å². The van der Waals surface area contributed by atoms with Crippen LogP contribution in [0.4, 0.5) is 0 Å². The van der Waals surface area contributed by atoms with Crippen molar-refractivity contribution in [3.8, 4) is 0 Å². The minimum Gasteiger partial charge on any atom is -0.348 e. The van der Waals surface area contributed by atoms with Crippen molar-refractivity contribution in [1.29, 1.82) is 0 Å². The maximum Gasteiger partial charge on any atom is 0.261 e. The van der Waals surface area contributed by atoms with Crippen LogP contribution in [0.25, 0.3) is 0 Å². The maximum absolute atomic E-state index is 11.9. The lowest BCUT2D eigenvalue weighted by atomic mass is 10.3. The fourth-order valence-electron chi connectivity index (χ4n) is 1.54. The summed E-state index contributed by atoms with van der Waals surface area (Å²) >= 11 is 2.85. The minimum atomic E-state index is -0.578. The first-order valence-corrected chi connectivity index (χ1v) is 7.85. The summed E-state index contributed by atoms with van der Waals surface area (Å²) in [6.07, 6.45) is 0. The molecule has 0 aliphatic rings. The first kappa shape index (κ1) is 14.7. The second-order valence-electron chi connectivity index (χ2n) is 4.27. The van der Waals surface area contributed by atoms with E-state index in [1.807, 2.05) is 17.7 Å². The van der Waals surface area contributed by atoms with Crippen LogP contribution in [0.3, 0.4) is 0 Å². The predicted octanol–water partition coefficient (Wildman–Crippen LogP) is 1.95. The van der Waals surface area contributed by atoms with Crippen LogP contribution in [0.15, 0.2) is 22.9 Å². The van der Waals surface area contributed by atoms with Crippen LogP contribution in [0.5, 0.6) is 0 Å². The standard InChI is InChI=1S/C13H15N3O2S2/c1-8-7-20-11(15-8)6-14-12(17)9(2)16-13(18)10-4-3-5-19-10/h3-5,7,9H,6H2,1-2H3,(H,14,17)(H,16,18). The molecular weight excluding hydrogens is 294 g/mol. The third-order valence-electron chi connectivity index (χ3n) is 2.57. The number of rotatable bonds is 5. The fraction of sp³-hybridized carbons (Fsp3) is 0.308. The number of hydrogen-bond donors (Lipinski definition) is 2. The number of aromatic nitrogens is 1. The molecule has 0 radical (unpaired) electrons. The molecule has 7 heteroatoms. The number of aryl methyl sites for hydroxylation is 1. The Labute approximate surface area is 125 Å². The smallest absolute Gasteiger partial charge is 0.261 e. The van der Waals surface area contributed by atoms with Gasteiger partial charge >= 0.3 is 0 Å². The van der Waals surface area contributed by atoms with Crippen LogP contribution < -0.4 is 10.6 Å². The third-order valence-corrected chi connectivity index (χ3v) is 4.40. The van der Waals surface area contributed by atoms with Crippen molar-refractivity contribution in [2.45, 2.75) is 26.4 Å². The topological polar surface area (TPSA) is 71.1 Å². The summed E-state index contributed by atoms with van der Waals surface area (Å²) in [5, 5.41) is 10.0. The number of amides is 2. The number of carbonyl (C=O) groups is 2. The van der Waals surface area contributed by atoms with E-state index in [4.69, 9.17) is 0 Å². The molecule has 0 aliphatic carbocycles. The second-order valence-corrected chi connectivity index (χ2v) is 6.16. The molecular formula is C13H15N3O2S2. The Morgan fingerprint density at radius 3 is 2.80 bits per heavy atom. The van der Waals surface area contributed by atoms with E-state index in [9.17, 15) is 9.59 Å². The van der Waals surface area contributed by atoms with E-state index < -0.39 is 6.04 Å². The Morgan fingerprint density at radius 1 is 1.40 bits per heavy atom. The highest BCUT2D eigenvalue weighted by Crippen LogP contribution is 2.09. The molecule has 0 saturated heterocycles. The van der Waals surface area contributed by atoms with Crippen molar-refractivity contribution >= 4 is 34.5 Å². The van der Waals surface area contributed by atoms with Gasteiger partial charge in [0, 0.05) is 11.1 Å². The SMILES string of the molecule is Cc1csc(CNC(=O)C(C)NC(=O)c2cccs2)n1. The van der Waals surface area contributed by atoms with E-state index in [2.05, 4.69) is 15.6 Å². The Balaban J connectivity index is 1.81. The Kier molecular flexibility index (Phi) is 4.86. The van der Waals surface area contributed by atoms with Crippen molar-refractivity contribution in [3.05, 3.63) is 38.5 Å². The van der Waals surface area contributed by atoms with Crippen molar-refractivity contribution in [2.75, 3.05) is 0 Å². The molecule has 2 N–H and O–H groups in total. The zero-order valence-corrected chi connectivity index (χ0v) is 12.8. The Hall–Kier alpha value is -1.73. The molecule has 0 fully saturated rings. The van der Waals surface area contributed by atoms with Gasteiger partial charge in [0.25, 0.3) is 5.91 Å². The van der Waals surface area contributed by atoms with Crippen molar-refractivity contribution < 1.29 is 9.59 Å². The molecule has 0 aromatic carbocycles. The zero-order chi connectivity index (χ0) is 14.5. The van der Waals surface area contributed by atoms with Gasteiger partial charge in [0.05, 0.1) is 11.4 Å². The monoisotopic (exact) mass is 309 g/mol. The van der Waals surface area contributed by atoms with Gasteiger partial charge in [0.15, 0.2) is 0 Å². The first-order valence-electron chi connectivity index (χ1n) is 6.09. The number of hydrogen-bond acceptors (Lipinski definition) is 5. The summed E-state index contributed by atoms with van der Waals surface area (Å²) in [4.78, 5) is 28.5. The summed E-state index contributed by atoms with van der Waals surface area (Å²) < 4.78 is 0. The van der Waals surface area contributed by atoms with Crippen molar-refractivity contribution in [1.82, 2.24) is 15.6 Å². The molecule has 5 nitrogen and oxygen atoms in total. The summed E-state index contributed by atoms with van der Waals surface area (Å²) in [5.41, 5.74) is 0.943. The van der Waals surface area contributed by atoms with Crippen LogP contribution in [0.1, 0.15) is 27.3 Å². The van der Waals surface area contributed by atoms with Crippen LogP contribution in [-0.4, -0.2) is 22.8 Å². The van der Waals surface area contributed by atoms with Gasteiger partial charge in [-0.2, -0.15) is 0 Å². The largest absolute Gasteiger partial charge is 0.348 e. The predicted molar refractivity (Wildman–Crippen MR) is 79.9 cm³/mol. The molecule has 106 valence electrons. The summed E-state index contributed by atoms with van der Waals surface area (Å²) in [7, 11) is 0. The van der Waals surface area contributed by atoms with E-state index >= 15 is 0 Å². The number of nitrogens with one attached hydrogen (secondary N) is 2. The van der Waals surface area contributed by atoms with Crippen LogP contribution in [-0.2, 0) is 11.3 Å². The quantitative estimate of drug-likeness (QED) is 0.887. The molecule has 2 aromatic heterocycles. The van der Waals surface area contributed by atoms with E-state index in [0.29, 0.717) is 11.4 Å². The molecule has 0 saturated carbocycles. The van der Waals surface area contributed by atoms with Crippen LogP contribution in [0.2, 0.25) is 0 Å². The van der Waals surface area contributed by atoms with Crippen LogP contribution in [0, 0.1) is 6.92 Å². The highest BCUT2D eigenvalue weighted by molar-refractivity contribution is 7.12. The Bertz CT molecular complexity index is 593. The van der Waals surface area contributed by atoms with E-state index in [1.165, 1.54) is 22.7 Å². The molecule has 0 bridgehead atoms. The average molecular weight is 309 g/mol. The molecule has 1 atom stereocenters. The number of thiazole rings is 1. The highest BCUT2D eigenvalue weighted by Gasteiger charge is 2.17. The molecule has 1 unspecified atom stereocenters. The van der Waals surface area contributed by atoms with Gasteiger partial charge in [-0.1, -0.05) is 6.07 Å². The van der Waals surface area contributed by atoms with E-state index in [-0.39, 0.29) is 11.8 Å². The Morgan fingerprint density at radius 2 is 2.20 bits per heavy atom. The first-order chi connectivity index (χ1) is 9.56. The zero-order valence-electron chi connectivity index (χ0n) is 11.2. The van der Waals surface area contributed by atoms with Gasteiger partial charge in [-0.05, 0) is 25.3 Å². The fourth-order valence-corrected chi connectivity index (χ4v) is 2.88. The van der Waals surface area contributed by atoms with Gasteiger partial charge in [-0.15, -0.1) is 22.7 Å². The van der Waals surface area contributed by atoms with Crippen molar-refractivity contribution in [2.24, 2.45) is 0 Å². The van der Waals surface area contributed by atoms with Crippen molar-refractivity contribution in [3.63, 3.8) is 0 Å². The normalized spacial score (nSPS) is 11.9. The lowest BCUT2D eigenvalue weighted by Crippen LogP contribution is -2.44. The molecule has 20 heavy (non-hydrogen) atoms. The molecule has 2 aromatic rings. The minimum absolute atomic E-state index is 0.220. The molecule has 2 heterocycles. The van der Waals surface area contributed by atoms with Gasteiger partial charge in [-0.3, -0.25) is 9.59 Å². The highest BCUT2D eigenvalue weighted by atomic mass is 32.1. The lowest BCUT2D eigenvalue weighted by molar-refractivity contribution is -0.122. The van der Waals surface area contributed by atoms with Gasteiger partial charge < -0.3 is 10.6 Å². The molecule has 2 rings (SSSR count). The van der Waals surface area contributed by atoms with Gasteiger partial charge in [0.1, 0.15) is 11.0 Å². The third kappa shape index (κ3) is 3.88. The second kappa shape index (κ2) is 6.62. The lowest BCUT2D eigenvalue weighted by Gasteiger charge is -2.12. The molecule has 0 aliphatic heterocycles. The number of thiophene rings is 1. The maximum atomic E-state index is 11.9. The number of carbonyl (C=O) groups excluding carboxylic acids is 2. The van der Waals surface area contributed by atoms with Gasteiger partial charge in [0.2, 0.25) is 5.91 Å². The van der Waals surface area contributed by atoms with E-state index in [1.54, 1.807) is 19.1 Å².